The molecule has 0 aliphatic rings. The van der Waals surface area contributed by atoms with E-state index in [1.165, 1.54) is 0 Å². The van der Waals surface area contributed by atoms with Gasteiger partial charge in [-0.2, -0.15) is 13.2 Å². The number of hydrogen-bond acceptors (Lipinski definition) is 3. The number of alkyl halides is 3. The molecule has 5 nitrogen and oxygen atoms in total. The molecule has 0 rings (SSSR count). The average molecular weight is 256 g/mol. The molecule has 0 spiro atoms. The van der Waals surface area contributed by atoms with Gasteiger partial charge in [-0.15, -0.1) is 0 Å². The van der Waals surface area contributed by atoms with Crippen LogP contribution in [0.15, 0.2) is 0 Å². The molecule has 0 saturated heterocycles. The van der Waals surface area contributed by atoms with E-state index in [0.717, 1.165) is 0 Å². The first-order valence-corrected chi connectivity index (χ1v) is 4.90. The van der Waals surface area contributed by atoms with Crippen LogP contribution in [-0.2, 0) is 9.59 Å². The maximum absolute atomic E-state index is 12.5. The van der Waals surface area contributed by atoms with E-state index in [-0.39, 0.29) is 6.54 Å². The van der Waals surface area contributed by atoms with Crippen LogP contribution in [0.2, 0.25) is 0 Å². The lowest BCUT2D eigenvalue weighted by Gasteiger charge is -2.32. The lowest BCUT2D eigenvalue weighted by molar-refractivity contribution is -0.194. The van der Waals surface area contributed by atoms with Crippen LogP contribution in [0.3, 0.4) is 0 Å². The zero-order chi connectivity index (χ0) is 13.9. The molecule has 0 aromatic carbocycles. The summed E-state index contributed by atoms with van der Waals surface area (Å²) in [7, 11) is 0. The number of aliphatic carboxylic acids is 1. The molecule has 0 aromatic rings. The number of carbonyl (C=O) groups is 2. The van der Waals surface area contributed by atoms with Gasteiger partial charge in [-0.05, 0) is 13.3 Å². The van der Waals surface area contributed by atoms with Crippen LogP contribution in [0.25, 0.3) is 0 Å². The van der Waals surface area contributed by atoms with Crippen molar-refractivity contribution in [3.8, 4) is 0 Å². The van der Waals surface area contributed by atoms with Gasteiger partial charge in [0.2, 0.25) is 0 Å². The summed E-state index contributed by atoms with van der Waals surface area (Å²) in [6.07, 6.45) is -4.58. The van der Waals surface area contributed by atoms with Gasteiger partial charge in [-0.3, -0.25) is 9.59 Å². The van der Waals surface area contributed by atoms with Gasteiger partial charge < -0.3 is 15.7 Å². The highest BCUT2D eigenvalue weighted by Gasteiger charge is 2.55. The van der Waals surface area contributed by atoms with E-state index in [9.17, 15) is 22.8 Å². The number of rotatable bonds is 5. The Kier molecular flexibility index (Phi) is 4.94. The fourth-order valence-electron chi connectivity index (χ4n) is 1.14. The Morgan fingerprint density at radius 3 is 2.12 bits per heavy atom. The largest absolute Gasteiger partial charge is 0.480 e. The van der Waals surface area contributed by atoms with Crippen LogP contribution in [-0.4, -0.2) is 46.7 Å². The van der Waals surface area contributed by atoms with E-state index < -0.39 is 30.1 Å². The summed E-state index contributed by atoms with van der Waals surface area (Å²) >= 11 is 0. The van der Waals surface area contributed by atoms with Crippen LogP contribution < -0.4 is 5.73 Å². The fraction of sp³-hybridized carbons (Fsp3) is 0.778. The summed E-state index contributed by atoms with van der Waals surface area (Å²) in [5, 5.41) is 8.51. The van der Waals surface area contributed by atoms with Crippen molar-refractivity contribution in [2.24, 2.45) is 5.73 Å². The molecule has 0 aliphatic carbocycles. The van der Waals surface area contributed by atoms with Gasteiger partial charge in [0, 0.05) is 6.54 Å². The second-order valence-corrected chi connectivity index (χ2v) is 3.82. The average Bonchev–Trinajstić information content (AvgIpc) is 2.13. The zero-order valence-electron chi connectivity index (χ0n) is 9.54. The third-order valence-electron chi connectivity index (χ3n) is 2.14. The SMILES string of the molecule is CCCN(CC(=O)O)C(=O)C(C)(N)C(F)(F)F. The predicted molar refractivity (Wildman–Crippen MR) is 53.2 cm³/mol. The summed E-state index contributed by atoms with van der Waals surface area (Å²) in [6, 6.07) is 0. The predicted octanol–water partition coefficient (Wildman–Crippen LogP) is 0.589. The van der Waals surface area contributed by atoms with Gasteiger partial charge in [-0.1, -0.05) is 6.92 Å². The van der Waals surface area contributed by atoms with E-state index in [2.05, 4.69) is 0 Å². The maximum Gasteiger partial charge on any atom is 0.415 e. The minimum Gasteiger partial charge on any atom is -0.480 e. The maximum atomic E-state index is 12.5. The second kappa shape index (κ2) is 5.35. The lowest BCUT2D eigenvalue weighted by atomic mass is 10.0. The first-order valence-electron chi connectivity index (χ1n) is 4.90. The first kappa shape index (κ1) is 15.7. The van der Waals surface area contributed by atoms with Gasteiger partial charge in [0.1, 0.15) is 6.54 Å². The number of hydrogen-bond donors (Lipinski definition) is 2. The van der Waals surface area contributed by atoms with E-state index in [1.54, 1.807) is 6.92 Å². The van der Waals surface area contributed by atoms with Crippen LogP contribution in [0.4, 0.5) is 13.2 Å². The molecule has 0 bridgehead atoms. The number of nitrogens with two attached hydrogens (primary N) is 1. The third kappa shape index (κ3) is 3.88. The molecule has 1 unspecified atom stereocenters. The summed E-state index contributed by atoms with van der Waals surface area (Å²) < 4.78 is 37.5. The quantitative estimate of drug-likeness (QED) is 0.754. The van der Waals surface area contributed by atoms with Crippen molar-refractivity contribution in [1.29, 1.82) is 0 Å². The molecule has 8 heteroatoms. The fourth-order valence-corrected chi connectivity index (χ4v) is 1.14. The highest BCUT2D eigenvalue weighted by molar-refractivity contribution is 5.89. The van der Waals surface area contributed by atoms with Gasteiger partial charge in [0.25, 0.3) is 5.91 Å². The number of nitrogens with zero attached hydrogens (tertiary/aromatic N) is 1. The van der Waals surface area contributed by atoms with Gasteiger partial charge in [-0.25, -0.2) is 0 Å². The number of halogens is 3. The van der Waals surface area contributed by atoms with E-state index in [4.69, 9.17) is 10.8 Å². The number of carbonyl (C=O) groups excluding carboxylic acids is 1. The number of carboxylic acids is 1. The molecule has 0 saturated carbocycles. The molecule has 1 atom stereocenters. The molecule has 0 heterocycles. The first-order chi connectivity index (χ1) is 7.54. The Bertz CT molecular complexity index is 302. The zero-order valence-corrected chi connectivity index (χ0v) is 9.54. The summed E-state index contributed by atoms with van der Waals surface area (Å²) in [5.74, 6) is -2.82. The Morgan fingerprint density at radius 2 is 1.82 bits per heavy atom. The van der Waals surface area contributed by atoms with Crippen molar-refractivity contribution in [2.45, 2.75) is 32.0 Å². The summed E-state index contributed by atoms with van der Waals surface area (Å²) in [4.78, 5) is 22.6. The van der Waals surface area contributed by atoms with Crippen molar-refractivity contribution in [2.75, 3.05) is 13.1 Å². The minimum atomic E-state index is -4.92. The van der Waals surface area contributed by atoms with Crippen molar-refractivity contribution < 1.29 is 27.9 Å². The van der Waals surface area contributed by atoms with Gasteiger partial charge in [0.05, 0.1) is 0 Å². The standard InChI is InChI=1S/C9H15F3N2O3/c1-3-4-14(5-6(15)16)7(17)8(2,13)9(10,11)12/h3-5,13H2,1-2H3,(H,15,16). The van der Waals surface area contributed by atoms with Gasteiger partial charge in [0.15, 0.2) is 5.54 Å². The normalized spacial score (nSPS) is 15.2. The number of amides is 1. The summed E-state index contributed by atoms with van der Waals surface area (Å²) in [5.41, 5.74) is 1.86. The smallest absolute Gasteiger partial charge is 0.415 e. The molecule has 3 N–H and O–H groups in total. The number of carboxylic acid groups (broad SMARTS) is 1. The minimum absolute atomic E-state index is 0.0893. The molecule has 0 radical (unpaired) electrons. The lowest BCUT2D eigenvalue weighted by Crippen LogP contribution is -2.62. The molecule has 1 amide bonds. The van der Waals surface area contributed by atoms with Crippen molar-refractivity contribution >= 4 is 11.9 Å². The Hall–Kier alpha value is -1.31. The van der Waals surface area contributed by atoms with Crippen molar-refractivity contribution in [3.63, 3.8) is 0 Å². The van der Waals surface area contributed by atoms with Crippen molar-refractivity contribution in [3.05, 3.63) is 0 Å². The molecule has 0 fully saturated rings. The van der Waals surface area contributed by atoms with Crippen molar-refractivity contribution in [1.82, 2.24) is 4.90 Å². The molecule has 0 aliphatic heterocycles. The van der Waals surface area contributed by atoms with Crippen LogP contribution in [0.5, 0.6) is 0 Å². The van der Waals surface area contributed by atoms with Gasteiger partial charge >= 0.3 is 12.1 Å². The van der Waals surface area contributed by atoms with E-state index in [1.807, 2.05) is 0 Å². The summed E-state index contributed by atoms with van der Waals surface area (Å²) in [6.45, 7) is 1.26. The highest BCUT2D eigenvalue weighted by atomic mass is 19.4. The van der Waals surface area contributed by atoms with E-state index in [0.29, 0.717) is 18.2 Å². The highest BCUT2D eigenvalue weighted by Crippen LogP contribution is 2.29. The van der Waals surface area contributed by atoms with Crippen LogP contribution in [0, 0.1) is 0 Å². The third-order valence-corrected chi connectivity index (χ3v) is 2.14. The molecular formula is C9H15F3N2O3. The van der Waals surface area contributed by atoms with Crippen LogP contribution >= 0.6 is 0 Å². The Labute approximate surface area is 96.4 Å². The molecule has 0 aromatic heterocycles. The topological polar surface area (TPSA) is 83.6 Å². The molecular weight excluding hydrogens is 241 g/mol. The van der Waals surface area contributed by atoms with Crippen LogP contribution in [0.1, 0.15) is 20.3 Å². The Balaban J connectivity index is 5.01. The molecule has 100 valence electrons. The molecule has 17 heavy (non-hydrogen) atoms. The monoisotopic (exact) mass is 256 g/mol. The second-order valence-electron chi connectivity index (χ2n) is 3.82. The van der Waals surface area contributed by atoms with E-state index >= 15 is 0 Å². The Morgan fingerprint density at radius 1 is 1.35 bits per heavy atom.